The van der Waals surface area contributed by atoms with Gasteiger partial charge in [0.25, 0.3) is 0 Å². The lowest BCUT2D eigenvalue weighted by molar-refractivity contribution is 0.103. The molecule has 26 heavy (non-hydrogen) atoms. The maximum absolute atomic E-state index is 13.9. The summed E-state index contributed by atoms with van der Waals surface area (Å²) < 4.78 is 19.6. The Morgan fingerprint density at radius 1 is 0.808 bits per heavy atom. The lowest BCUT2D eigenvalue weighted by Gasteiger charge is -2.14. The number of carbonyl (C=O) groups is 1. The second-order valence-electron chi connectivity index (χ2n) is 6.50. The predicted molar refractivity (Wildman–Crippen MR) is 98.6 cm³/mol. The highest BCUT2D eigenvalue weighted by Gasteiger charge is 2.19. The van der Waals surface area contributed by atoms with Crippen LogP contribution >= 0.6 is 0 Å². The molecule has 3 aromatic rings. The van der Waals surface area contributed by atoms with Gasteiger partial charge in [0.15, 0.2) is 5.78 Å². The van der Waals surface area contributed by atoms with Crippen molar-refractivity contribution in [3.63, 3.8) is 0 Å². The van der Waals surface area contributed by atoms with E-state index < -0.39 is 5.67 Å². The van der Waals surface area contributed by atoms with Crippen LogP contribution in [-0.4, -0.2) is 10.9 Å². The van der Waals surface area contributed by atoms with Gasteiger partial charge in [-0.05, 0) is 67.9 Å². The first-order valence-electron chi connectivity index (χ1n) is 8.24. The van der Waals surface area contributed by atoms with Crippen molar-refractivity contribution < 1.29 is 19.0 Å². The minimum Gasteiger partial charge on any atom is -0.508 e. The van der Waals surface area contributed by atoms with Crippen molar-refractivity contribution in [1.82, 2.24) is 0 Å². The molecule has 0 saturated carbocycles. The molecule has 0 aromatic heterocycles. The van der Waals surface area contributed by atoms with Crippen molar-refractivity contribution in [3.05, 3.63) is 89.5 Å². The number of carbonyl (C=O) groups excluding carboxylic acids is 1. The molecular formula is C22H19FO3. The van der Waals surface area contributed by atoms with E-state index >= 15 is 0 Å². The van der Waals surface area contributed by atoms with E-state index in [4.69, 9.17) is 4.74 Å². The van der Waals surface area contributed by atoms with E-state index in [0.29, 0.717) is 28.2 Å². The van der Waals surface area contributed by atoms with E-state index in [1.165, 1.54) is 26.0 Å². The van der Waals surface area contributed by atoms with Crippen LogP contribution in [-0.2, 0) is 5.67 Å². The van der Waals surface area contributed by atoms with Gasteiger partial charge in [0, 0.05) is 11.1 Å². The standard InChI is InChI=1S/C22H19FO3/c1-22(2,23)17-7-3-15(4-8-17)21(25)16-5-11-19(12-6-16)26-20-13-9-18(24)10-14-20/h3-14,24H,1-2H3. The highest BCUT2D eigenvalue weighted by Crippen LogP contribution is 2.26. The van der Waals surface area contributed by atoms with Crippen molar-refractivity contribution in [1.29, 1.82) is 0 Å². The van der Waals surface area contributed by atoms with E-state index in [2.05, 4.69) is 0 Å². The summed E-state index contributed by atoms with van der Waals surface area (Å²) in [6.07, 6.45) is 0. The largest absolute Gasteiger partial charge is 0.508 e. The molecule has 4 heteroatoms. The highest BCUT2D eigenvalue weighted by atomic mass is 19.1. The van der Waals surface area contributed by atoms with Gasteiger partial charge in [0.05, 0.1) is 0 Å². The van der Waals surface area contributed by atoms with Gasteiger partial charge < -0.3 is 9.84 Å². The number of phenolic OH excluding ortho intramolecular Hbond substituents is 1. The molecule has 0 unspecified atom stereocenters. The van der Waals surface area contributed by atoms with E-state index in [1.54, 1.807) is 60.7 Å². The molecule has 0 saturated heterocycles. The molecule has 0 heterocycles. The number of ether oxygens (including phenoxy) is 1. The number of aromatic hydroxyl groups is 1. The number of rotatable bonds is 5. The Hall–Kier alpha value is -3.14. The molecular weight excluding hydrogens is 331 g/mol. The monoisotopic (exact) mass is 350 g/mol. The van der Waals surface area contributed by atoms with Gasteiger partial charge in [0.1, 0.15) is 22.9 Å². The van der Waals surface area contributed by atoms with Gasteiger partial charge >= 0.3 is 0 Å². The number of benzene rings is 3. The molecule has 1 N–H and O–H groups in total. The van der Waals surface area contributed by atoms with Crippen molar-refractivity contribution in [2.75, 3.05) is 0 Å². The SMILES string of the molecule is CC(C)(F)c1ccc(C(=O)c2ccc(Oc3ccc(O)cc3)cc2)cc1. The van der Waals surface area contributed by atoms with Crippen LogP contribution in [0.15, 0.2) is 72.8 Å². The maximum atomic E-state index is 13.9. The third kappa shape index (κ3) is 4.09. The summed E-state index contributed by atoms with van der Waals surface area (Å²) in [5.41, 5.74) is 0.127. The number of hydrogen-bond acceptors (Lipinski definition) is 3. The van der Waals surface area contributed by atoms with Crippen molar-refractivity contribution in [2.45, 2.75) is 19.5 Å². The lowest BCUT2D eigenvalue weighted by Crippen LogP contribution is -2.09. The molecule has 0 radical (unpaired) electrons. The lowest BCUT2D eigenvalue weighted by atomic mass is 9.96. The highest BCUT2D eigenvalue weighted by molar-refractivity contribution is 6.09. The summed E-state index contributed by atoms with van der Waals surface area (Å²) in [5.74, 6) is 1.21. The number of hydrogen-bond donors (Lipinski definition) is 1. The summed E-state index contributed by atoms with van der Waals surface area (Å²) in [7, 11) is 0. The molecule has 0 atom stereocenters. The Kier molecular flexibility index (Phi) is 4.76. The Morgan fingerprint density at radius 2 is 1.23 bits per heavy atom. The van der Waals surface area contributed by atoms with Gasteiger partial charge in [-0.1, -0.05) is 24.3 Å². The molecule has 0 aliphatic rings. The zero-order valence-corrected chi connectivity index (χ0v) is 14.6. The fourth-order valence-electron chi connectivity index (χ4n) is 2.51. The topological polar surface area (TPSA) is 46.5 Å². The second-order valence-corrected chi connectivity index (χ2v) is 6.50. The third-order valence-corrected chi connectivity index (χ3v) is 4.02. The molecule has 0 aliphatic carbocycles. The van der Waals surface area contributed by atoms with Crippen LogP contribution < -0.4 is 4.74 Å². The first-order chi connectivity index (χ1) is 12.3. The fraction of sp³-hybridized carbons (Fsp3) is 0.136. The number of alkyl halides is 1. The van der Waals surface area contributed by atoms with Crippen LogP contribution in [0.5, 0.6) is 17.2 Å². The second kappa shape index (κ2) is 7.00. The molecule has 3 nitrogen and oxygen atoms in total. The fourth-order valence-corrected chi connectivity index (χ4v) is 2.51. The Labute approximate surface area is 151 Å². The molecule has 0 fully saturated rings. The Bertz CT molecular complexity index is 890. The molecule has 0 bridgehead atoms. The third-order valence-electron chi connectivity index (χ3n) is 4.02. The van der Waals surface area contributed by atoms with E-state index in [-0.39, 0.29) is 11.5 Å². The predicted octanol–water partition coefficient (Wildman–Crippen LogP) is 5.62. The van der Waals surface area contributed by atoms with Crippen molar-refractivity contribution in [3.8, 4) is 17.2 Å². The zero-order valence-electron chi connectivity index (χ0n) is 14.6. The molecule has 0 amide bonds. The quantitative estimate of drug-likeness (QED) is 0.608. The summed E-state index contributed by atoms with van der Waals surface area (Å²) in [5, 5.41) is 9.28. The van der Waals surface area contributed by atoms with Crippen molar-refractivity contribution in [2.24, 2.45) is 0 Å². The number of phenols is 1. The van der Waals surface area contributed by atoms with Crippen LogP contribution in [0.25, 0.3) is 0 Å². The van der Waals surface area contributed by atoms with Gasteiger partial charge in [-0.25, -0.2) is 4.39 Å². The zero-order chi connectivity index (χ0) is 18.7. The summed E-state index contributed by atoms with van der Waals surface area (Å²) in [6.45, 7) is 2.97. The minimum atomic E-state index is -1.44. The maximum Gasteiger partial charge on any atom is 0.193 e. The first-order valence-corrected chi connectivity index (χ1v) is 8.24. The molecule has 0 spiro atoms. The van der Waals surface area contributed by atoms with Crippen molar-refractivity contribution >= 4 is 5.78 Å². The first kappa shape index (κ1) is 17.7. The molecule has 3 rings (SSSR count). The van der Waals surface area contributed by atoms with Gasteiger partial charge in [-0.15, -0.1) is 0 Å². The summed E-state index contributed by atoms with van der Waals surface area (Å²) >= 11 is 0. The summed E-state index contributed by atoms with van der Waals surface area (Å²) in [4.78, 5) is 12.6. The average Bonchev–Trinajstić information content (AvgIpc) is 2.63. The Balaban J connectivity index is 1.73. The number of ketones is 1. The normalized spacial score (nSPS) is 11.2. The van der Waals surface area contributed by atoms with E-state index in [1.807, 2.05) is 0 Å². The average molecular weight is 350 g/mol. The van der Waals surface area contributed by atoms with Crippen LogP contribution in [0.4, 0.5) is 4.39 Å². The smallest absolute Gasteiger partial charge is 0.193 e. The van der Waals surface area contributed by atoms with Crippen LogP contribution in [0.2, 0.25) is 0 Å². The van der Waals surface area contributed by atoms with Gasteiger partial charge in [-0.2, -0.15) is 0 Å². The van der Waals surface area contributed by atoms with Crippen LogP contribution in [0.1, 0.15) is 35.3 Å². The molecule has 132 valence electrons. The van der Waals surface area contributed by atoms with Gasteiger partial charge in [0.2, 0.25) is 0 Å². The van der Waals surface area contributed by atoms with E-state index in [9.17, 15) is 14.3 Å². The number of halogens is 1. The van der Waals surface area contributed by atoms with Crippen LogP contribution in [0.3, 0.4) is 0 Å². The van der Waals surface area contributed by atoms with Gasteiger partial charge in [-0.3, -0.25) is 4.79 Å². The minimum absolute atomic E-state index is 0.135. The van der Waals surface area contributed by atoms with E-state index in [0.717, 1.165) is 0 Å². The molecule has 3 aromatic carbocycles. The summed E-state index contributed by atoms with van der Waals surface area (Å²) in [6, 6.07) is 19.7. The Morgan fingerprint density at radius 3 is 1.69 bits per heavy atom. The molecule has 0 aliphatic heterocycles. The van der Waals surface area contributed by atoms with Crippen LogP contribution in [0, 0.1) is 0 Å².